The highest BCUT2D eigenvalue weighted by Gasteiger charge is 2.18. The van der Waals surface area contributed by atoms with Crippen molar-refractivity contribution in [2.75, 3.05) is 20.0 Å². The third-order valence-corrected chi connectivity index (χ3v) is 3.95. The molecular formula is C16H15FO3S. The van der Waals surface area contributed by atoms with E-state index in [-0.39, 0.29) is 17.4 Å². The summed E-state index contributed by atoms with van der Waals surface area (Å²) in [6, 6.07) is 11.5. The monoisotopic (exact) mass is 306 g/mol. The van der Waals surface area contributed by atoms with E-state index in [1.54, 1.807) is 36.4 Å². The Kier molecular flexibility index (Phi) is 5.22. The molecule has 2 aromatic rings. The van der Waals surface area contributed by atoms with Gasteiger partial charge in [-0.05, 0) is 24.3 Å². The molecule has 0 spiro atoms. The number of carbonyl (C=O) groups excluding carboxylic acids is 1. The summed E-state index contributed by atoms with van der Waals surface area (Å²) in [7, 11) is 2.99. The molecule has 0 atom stereocenters. The summed E-state index contributed by atoms with van der Waals surface area (Å²) in [6.45, 7) is 0. The minimum absolute atomic E-state index is 0.109. The zero-order chi connectivity index (χ0) is 15.2. The Balaban J connectivity index is 2.19. The maximum Gasteiger partial charge on any atom is 0.180 e. The molecule has 0 heterocycles. The smallest absolute Gasteiger partial charge is 0.180 e. The van der Waals surface area contributed by atoms with Crippen molar-refractivity contribution in [2.45, 2.75) is 4.90 Å². The van der Waals surface area contributed by atoms with E-state index in [0.717, 1.165) is 11.8 Å². The first-order valence-corrected chi connectivity index (χ1v) is 7.27. The van der Waals surface area contributed by atoms with Crippen molar-refractivity contribution in [1.82, 2.24) is 0 Å². The van der Waals surface area contributed by atoms with Gasteiger partial charge in [-0.1, -0.05) is 18.2 Å². The van der Waals surface area contributed by atoms with E-state index in [4.69, 9.17) is 9.47 Å². The van der Waals surface area contributed by atoms with Crippen LogP contribution in [0.1, 0.15) is 10.4 Å². The Bertz CT molecular complexity index is 621. The van der Waals surface area contributed by atoms with Crippen LogP contribution in [-0.2, 0) is 0 Å². The molecule has 2 rings (SSSR count). The molecule has 0 unspecified atom stereocenters. The summed E-state index contributed by atoms with van der Waals surface area (Å²) in [4.78, 5) is 12.8. The third-order valence-electron chi connectivity index (χ3n) is 2.90. The Labute approximate surface area is 127 Å². The molecule has 21 heavy (non-hydrogen) atoms. The van der Waals surface area contributed by atoms with Crippen LogP contribution in [0, 0.1) is 5.82 Å². The molecule has 0 N–H and O–H groups in total. The lowest BCUT2D eigenvalue weighted by Crippen LogP contribution is -2.07. The van der Waals surface area contributed by atoms with Gasteiger partial charge in [0.15, 0.2) is 5.78 Å². The molecular weight excluding hydrogens is 291 g/mol. The molecule has 3 nitrogen and oxygen atoms in total. The Hall–Kier alpha value is -2.01. The zero-order valence-electron chi connectivity index (χ0n) is 11.8. The van der Waals surface area contributed by atoms with Gasteiger partial charge >= 0.3 is 0 Å². The molecule has 0 fully saturated rings. The normalized spacial score (nSPS) is 10.2. The van der Waals surface area contributed by atoms with Gasteiger partial charge in [-0.3, -0.25) is 4.79 Å². The van der Waals surface area contributed by atoms with Crippen LogP contribution < -0.4 is 9.47 Å². The Morgan fingerprint density at radius 3 is 2.24 bits per heavy atom. The maximum atomic E-state index is 13.6. The second kappa shape index (κ2) is 7.13. The van der Waals surface area contributed by atoms with Crippen molar-refractivity contribution in [3.8, 4) is 11.5 Å². The molecule has 0 aliphatic heterocycles. The number of hydrogen-bond acceptors (Lipinski definition) is 4. The summed E-state index contributed by atoms with van der Waals surface area (Å²) in [6.07, 6.45) is 0. The fourth-order valence-corrected chi connectivity index (χ4v) is 2.71. The van der Waals surface area contributed by atoms with Crippen LogP contribution in [-0.4, -0.2) is 25.8 Å². The molecule has 0 amide bonds. The second-order valence-corrected chi connectivity index (χ2v) is 5.20. The molecule has 0 aromatic heterocycles. The fraction of sp³-hybridized carbons (Fsp3) is 0.188. The van der Waals surface area contributed by atoms with E-state index in [1.165, 1.54) is 20.3 Å². The van der Waals surface area contributed by atoms with Gasteiger partial charge < -0.3 is 9.47 Å². The third kappa shape index (κ3) is 3.55. The number of hydrogen-bond donors (Lipinski definition) is 0. The molecule has 2 aromatic carbocycles. The molecule has 0 bridgehead atoms. The first kappa shape index (κ1) is 15.4. The van der Waals surface area contributed by atoms with Gasteiger partial charge in [0.05, 0.1) is 20.0 Å². The van der Waals surface area contributed by atoms with E-state index < -0.39 is 0 Å². The lowest BCUT2D eigenvalue weighted by molar-refractivity contribution is 0.101. The molecule has 0 aliphatic carbocycles. The van der Waals surface area contributed by atoms with Crippen LogP contribution >= 0.6 is 11.8 Å². The number of rotatable bonds is 6. The van der Waals surface area contributed by atoms with E-state index in [9.17, 15) is 9.18 Å². The largest absolute Gasteiger partial charge is 0.496 e. The maximum absolute atomic E-state index is 13.6. The van der Waals surface area contributed by atoms with E-state index in [1.807, 2.05) is 0 Å². The van der Waals surface area contributed by atoms with Crippen molar-refractivity contribution in [2.24, 2.45) is 0 Å². The minimum Gasteiger partial charge on any atom is -0.496 e. The van der Waals surface area contributed by atoms with Crippen LogP contribution in [0.5, 0.6) is 11.5 Å². The minimum atomic E-state index is -0.331. The molecule has 0 saturated heterocycles. The number of thioether (sulfide) groups is 1. The van der Waals surface area contributed by atoms with Crippen molar-refractivity contribution >= 4 is 17.5 Å². The van der Waals surface area contributed by atoms with Gasteiger partial charge in [0.2, 0.25) is 0 Å². The molecule has 110 valence electrons. The van der Waals surface area contributed by atoms with Gasteiger partial charge in [-0.25, -0.2) is 4.39 Å². The van der Waals surface area contributed by atoms with Crippen molar-refractivity contribution in [1.29, 1.82) is 0 Å². The SMILES string of the molecule is COc1cccc(OC)c1C(=O)CSc1ccccc1F. The number of halogens is 1. The first-order chi connectivity index (χ1) is 10.2. The number of benzene rings is 2. The Morgan fingerprint density at radius 1 is 1.05 bits per heavy atom. The lowest BCUT2D eigenvalue weighted by atomic mass is 10.1. The first-order valence-electron chi connectivity index (χ1n) is 6.29. The summed E-state index contributed by atoms with van der Waals surface area (Å²) in [5.74, 6) is 0.513. The van der Waals surface area contributed by atoms with Crippen LogP contribution in [0.4, 0.5) is 4.39 Å². The number of methoxy groups -OCH3 is 2. The fourth-order valence-electron chi connectivity index (χ4n) is 1.90. The van der Waals surface area contributed by atoms with Crippen LogP contribution in [0.15, 0.2) is 47.4 Å². The Morgan fingerprint density at radius 2 is 1.67 bits per heavy atom. The summed E-state index contributed by atoms with van der Waals surface area (Å²) >= 11 is 1.15. The van der Waals surface area contributed by atoms with E-state index in [2.05, 4.69) is 0 Å². The zero-order valence-corrected chi connectivity index (χ0v) is 12.6. The number of ketones is 1. The number of carbonyl (C=O) groups is 1. The summed E-state index contributed by atoms with van der Waals surface area (Å²) in [5.41, 5.74) is 0.381. The van der Waals surface area contributed by atoms with Gasteiger partial charge in [-0.2, -0.15) is 0 Å². The summed E-state index contributed by atoms with van der Waals surface area (Å²) in [5, 5.41) is 0. The van der Waals surface area contributed by atoms with Gasteiger partial charge in [-0.15, -0.1) is 11.8 Å². The quantitative estimate of drug-likeness (QED) is 0.600. The van der Waals surface area contributed by atoms with Crippen molar-refractivity contribution in [3.05, 3.63) is 53.8 Å². The molecule has 5 heteroatoms. The van der Waals surface area contributed by atoms with Gasteiger partial charge in [0, 0.05) is 4.90 Å². The molecule has 0 radical (unpaired) electrons. The van der Waals surface area contributed by atoms with Crippen molar-refractivity contribution in [3.63, 3.8) is 0 Å². The van der Waals surface area contributed by atoms with Crippen LogP contribution in [0.3, 0.4) is 0 Å². The second-order valence-electron chi connectivity index (χ2n) is 4.18. The van der Waals surface area contributed by atoms with E-state index >= 15 is 0 Å². The lowest BCUT2D eigenvalue weighted by Gasteiger charge is -2.12. The highest BCUT2D eigenvalue weighted by molar-refractivity contribution is 8.00. The van der Waals surface area contributed by atoms with Crippen LogP contribution in [0.25, 0.3) is 0 Å². The van der Waals surface area contributed by atoms with Gasteiger partial charge in [0.25, 0.3) is 0 Å². The highest BCUT2D eigenvalue weighted by Crippen LogP contribution is 2.31. The average Bonchev–Trinajstić information content (AvgIpc) is 2.52. The van der Waals surface area contributed by atoms with Crippen LogP contribution in [0.2, 0.25) is 0 Å². The number of ether oxygens (including phenoxy) is 2. The standard InChI is InChI=1S/C16H15FO3S/c1-19-13-7-5-8-14(20-2)16(13)12(18)10-21-15-9-4-3-6-11(15)17/h3-9H,10H2,1-2H3. The molecule has 0 saturated carbocycles. The highest BCUT2D eigenvalue weighted by atomic mass is 32.2. The molecule has 0 aliphatic rings. The predicted molar refractivity (Wildman–Crippen MR) is 81.0 cm³/mol. The van der Waals surface area contributed by atoms with E-state index in [0.29, 0.717) is 22.0 Å². The predicted octanol–water partition coefficient (Wildman–Crippen LogP) is 3.82. The van der Waals surface area contributed by atoms with Gasteiger partial charge in [0.1, 0.15) is 22.9 Å². The average molecular weight is 306 g/mol. The van der Waals surface area contributed by atoms with Crippen molar-refractivity contribution < 1.29 is 18.7 Å². The topological polar surface area (TPSA) is 35.5 Å². The number of Topliss-reactive ketones (excluding diaryl/α,β-unsaturated/α-hetero) is 1. The summed E-state index contributed by atoms with van der Waals surface area (Å²) < 4.78 is 24.0.